The van der Waals surface area contributed by atoms with E-state index in [1.165, 1.54) is 12.1 Å². The maximum absolute atomic E-state index is 13.8. The van der Waals surface area contributed by atoms with E-state index in [-0.39, 0.29) is 11.4 Å². The maximum Gasteiger partial charge on any atom is 0.278 e. The normalized spacial score (nSPS) is 10.6. The Kier molecular flexibility index (Phi) is 4.25. The molecule has 0 aliphatic rings. The Balaban J connectivity index is 1.87. The molecule has 0 aliphatic heterocycles. The third kappa shape index (κ3) is 3.32. The summed E-state index contributed by atoms with van der Waals surface area (Å²) in [6.07, 6.45) is 0. The van der Waals surface area contributed by atoms with Crippen LogP contribution in [0.1, 0.15) is 16.2 Å². The molecule has 1 amide bonds. The summed E-state index contributed by atoms with van der Waals surface area (Å²) in [6.45, 7) is 1.65. The SMILES string of the molecule is Cc1oc(-c2ccccc2)nc1C(=O)Nc1ccc(Br)cc1F. The number of carbonyl (C=O) groups is 1. The van der Waals surface area contributed by atoms with Gasteiger partial charge < -0.3 is 9.73 Å². The number of aromatic nitrogens is 1. The highest BCUT2D eigenvalue weighted by atomic mass is 79.9. The van der Waals surface area contributed by atoms with Gasteiger partial charge in [0, 0.05) is 10.0 Å². The van der Waals surface area contributed by atoms with E-state index in [0.29, 0.717) is 16.1 Å². The number of aryl methyl sites for hydroxylation is 1. The molecule has 0 fully saturated rings. The highest BCUT2D eigenvalue weighted by molar-refractivity contribution is 9.10. The van der Waals surface area contributed by atoms with Crippen molar-refractivity contribution in [1.82, 2.24) is 4.98 Å². The zero-order valence-electron chi connectivity index (χ0n) is 12.1. The first-order chi connectivity index (χ1) is 11.0. The van der Waals surface area contributed by atoms with Crippen LogP contribution in [0.3, 0.4) is 0 Å². The molecule has 0 saturated carbocycles. The van der Waals surface area contributed by atoms with Crippen molar-refractivity contribution in [3.63, 3.8) is 0 Å². The van der Waals surface area contributed by atoms with Crippen molar-refractivity contribution >= 4 is 27.5 Å². The Bertz CT molecular complexity index is 862. The number of carbonyl (C=O) groups excluding carboxylic acids is 1. The zero-order chi connectivity index (χ0) is 16.4. The Labute approximate surface area is 140 Å². The van der Waals surface area contributed by atoms with Gasteiger partial charge in [0.15, 0.2) is 5.69 Å². The molecule has 0 spiro atoms. The minimum atomic E-state index is -0.530. The fourth-order valence-electron chi connectivity index (χ4n) is 2.08. The Morgan fingerprint density at radius 3 is 2.65 bits per heavy atom. The van der Waals surface area contributed by atoms with Gasteiger partial charge in [0.2, 0.25) is 5.89 Å². The van der Waals surface area contributed by atoms with Crippen molar-refractivity contribution in [3.05, 3.63) is 70.3 Å². The van der Waals surface area contributed by atoms with Crippen molar-refractivity contribution in [2.24, 2.45) is 0 Å². The minimum absolute atomic E-state index is 0.0851. The fraction of sp³-hybridized carbons (Fsp3) is 0.0588. The predicted octanol–water partition coefficient (Wildman–Crippen LogP) is 4.80. The van der Waals surface area contributed by atoms with Gasteiger partial charge in [0.25, 0.3) is 5.91 Å². The summed E-state index contributed by atoms with van der Waals surface area (Å²) in [5, 5.41) is 2.50. The molecule has 0 radical (unpaired) electrons. The minimum Gasteiger partial charge on any atom is -0.441 e. The smallest absolute Gasteiger partial charge is 0.278 e. The Morgan fingerprint density at radius 2 is 1.96 bits per heavy atom. The highest BCUT2D eigenvalue weighted by Gasteiger charge is 2.19. The van der Waals surface area contributed by atoms with Gasteiger partial charge in [0.05, 0.1) is 5.69 Å². The van der Waals surface area contributed by atoms with E-state index in [2.05, 4.69) is 26.2 Å². The number of hydrogen-bond acceptors (Lipinski definition) is 3. The molecule has 4 nitrogen and oxygen atoms in total. The summed E-state index contributed by atoms with van der Waals surface area (Å²) in [4.78, 5) is 16.5. The van der Waals surface area contributed by atoms with E-state index < -0.39 is 11.7 Å². The monoisotopic (exact) mass is 374 g/mol. The summed E-state index contributed by atoms with van der Waals surface area (Å²) in [7, 11) is 0. The molecule has 0 saturated heterocycles. The second-order valence-electron chi connectivity index (χ2n) is 4.87. The van der Waals surface area contributed by atoms with E-state index >= 15 is 0 Å². The number of benzene rings is 2. The molecule has 1 N–H and O–H groups in total. The van der Waals surface area contributed by atoms with Crippen LogP contribution in [0, 0.1) is 12.7 Å². The van der Waals surface area contributed by atoms with Crippen LogP contribution in [0.4, 0.5) is 10.1 Å². The lowest BCUT2D eigenvalue weighted by molar-refractivity contribution is 0.102. The molecule has 116 valence electrons. The topological polar surface area (TPSA) is 55.1 Å². The van der Waals surface area contributed by atoms with E-state index in [4.69, 9.17) is 4.42 Å². The molecule has 1 aromatic heterocycles. The average molecular weight is 375 g/mol. The Morgan fingerprint density at radius 1 is 1.22 bits per heavy atom. The fourth-order valence-corrected chi connectivity index (χ4v) is 2.42. The van der Waals surface area contributed by atoms with Gasteiger partial charge in [0.1, 0.15) is 11.6 Å². The number of hydrogen-bond donors (Lipinski definition) is 1. The molecule has 0 aliphatic carbocycles. The zero-order valence-corrected chi connectivity index (χ0v) is 13.7. The number of nitrogens with one attached hydrogen (secondary N) is 1. The molecule has 23 heavy (non-hydrogen) atoms. The third-order valence-electron chi connectivity index (χ3n) is 3.21. The van der Waals surface area contributed by atoms with Gasteiger partial charge >= 0.3 is 0 Å². The largest absolute Gasteiger partial charge is 0.441 e. The second-order valence-corrected chi connectivity index (χ2v) is 5.78. The van der Waals surface area contributed by atoms with E-state index in [0.717, 1.165) is 5.56 Å². The van der Waals surface area contributed by atoms with Crippen molar-refractivity contribution in [2.75, 3.05) is 5.32 Å². The van der Waals surface area contributed by atoms with Crippen LogP contribution in [0.5, 0.6) is 0 Å². The lowest BCUT2D eigenvalue weighted by Crippen LogP contribution is -2.14. The number of rotatable bonds is 3. The van der Waals surface area contributed by atoms with Crippen LogP contribution in [0.15, 0.2) is 57.4 Å². The average Bonchev–Trinajstić information content (AvgIpc) is 2.93. The van der Waals surface area contributed by atoms with Crippen LogP contribution in [0.2, 0.25) is 0 Å². The van der Waals surface area contributed by atoms with Crippen molar-refractivity contribution in [3.8, 4) is 11.5 Å². The molecular formula is C17H12BrFN2O2. The quantitative estimate of drug-likeness (QED) is 0.715. The first-order valence-electron chi connectivity index (χ1n) is 6.84. The highest BCUT2D eigenvalue weighted by Crippen LogP contribution is 2.23. The molecular weight excluding hydrogens is 363 g/mol. The molecule has 3 aromatic rings. The van der Waals surface area contributed by atoms with Crippen LogP contribution in [-0.4, -0.2) is 10.9 Å². The summed E-state index contributed by atoms with van der Waals surface area (Å²) < 4.78 is 19.9. The van der Waals surface area contributed by atoms with Gasteiger partial charge in [-0.05, 0) is 37.3 Å². The van der Waals surface area contributed by atoms with E-state index in [1.54, 1.807) is 13.0 Å². The number of oxazole rings is 1. The van der Waals surface area contributed by atoms with Gasteiger partial charge in [-0.1, -0.05) is 34.1 Å². The van der Waals surface area contributed by atoms with Gasteiger partial charge in [-0.3, -0.25) is 4.79 Å². The standard InChI is InChI=1S/C17H12BrFN2O2/c1-10-15(21-17(23-10)11-5-3-2-4-6-11)16(22)20-14-8-7-12(18)9-13(14)19/h2-9H,1H3,(H,20,22). The summed E-state index contributed by atoms with van der Waals surface area (Å²) >= 11 is 3.17. The van der Waals surface area contributed by atoms with Gasteiger partial charge in [-0.2, -0.15) is 0 Å². The molecule has 0 atom stereocenters. The van der Waals surface area contributed by atoms with Crippen LogP contribution >= 0.6 is 15.9 Å². The van der Waals surface area contributed by atoms with Crippen molar-refractivity contribution in [2.45, 2.75) is 6.92 Å². The predicted molar refractivity (Wildman–Crippen MR) is 88.7 cm³/mol. The van der Waals surface area contributed by atoms with Crippen molar-refractivity contribution < 1.29 is 13.6 Å². The number of anilines is 1. The van der Waals surface area contributed by atoms with Gasteiger partial charge in [-0.15, -0.1) is 0 Å². The number of nitrogens with zero attached hydrogens (tertiary/aromatic N) is 1. The maximum atomic E-state index is 13.8. The lowest BCUT2D eigenvalue weighted by Gasteiger charge is -2.05. The van der Waals surface area contributed by atoms with Crippen LogP contribution < -0.4 is 5.32 Å². The van der Waals surface area contributed by atoms with Crippen LogP contribution in [-0.2, 0) is 0 Å². The van der Waals surface area contributed by atoms with E-state index in [1.807, 2.05) is 30.3 Å². The molecule has 2 aromatic carbocycles. The first-order valence-corrected chi connectivity index (χ1v) is 7.63. The summed E-state index contributed by atoms with van der Waals surface area (Å²) in [5.41, 5.74) is 0.984. The molecule has 1 heterocycles. The van der Waals surface area contributed by atoms with E-state index in [9.17, 15) is 9.18 Å². The second kappa shape index (κ2) is 6.34. The van der Waals surface area contributed by atoms with Crippen LogP contribution in [0.25, 0.3) is 11.5 Å². The first kappa shape index (κ1) is 15.4. The molecule has 6 heteroatoms. The van der Waals surface area contributed by atoms with Crippen molar-refractivity contribution in [1.29, 1.82) is 0 Å². The van der Waals surface area contributed by atoms with Gasteiger partial charge in [-0.25, -0.2) is 9.37 Å². The Hall–Kier alpha value is -2.47. The summed E-state index contributed by atoms with van der Waals surface area (Å²) in [6, 6.07) is 13.7. The third-order valence-corrected chi connectivity index (χ3v) is 3.70. The molecule has 0 unspecified atom stereocenters. The lowest BCUT2D eigenvalue weighted by atomic mass is 10.2. The number of amides is 1. The molecule has 3 rings (SSSR count). The molecule has 0 bridgehead atoms. The number of halogens is 2. The summed E-state index contributed by atoms with van der Waals surface area (Å²) in [5.74, 6) is -0.324.